The minimum atomic E-state index is -0.109. The van der Waals surface area contributed by atoms with Crippen LogP contribution in [0.15, 0.2) is 0 Å². The number of nitrogens with zero attached hydrogens (tertiary/aromatic N) is 1. The van der Waals surface area contributed by atoms with Crippen molar-refractivity contribution in [3.05, 3.63) is 0 Å². The van der Waals surface area contributed by atoms with Gasteiger partial charge in [-0.15, -0.1) is 0 Å². The number of unbranched alkanes of at least 4 members (excludes halogenated alkanes) is 3. The minimum absolute atomic E-state index is 0.109. The first-order valence-electron chi connectivity index (χ1n) is 5.08. The van der Waals surface area contributed by atoms with Crippen molar-refractivity contribution in [2.45, 2.75) is 39.0 Å². The Morgan fingerprint density at radius 3 is 2.71 bits per heavy atom. The van der Waals surface area contributed by atoms with Crippen LogP contribution in [0.2, 0.25) is 0 Å². The third-order valence-corrected chi connectivity index (χ3v) is 1.82. The smallest absolute Gasteiger partial charge is 0.305 e. The molecule has 0 aromatic rings. The molecule has 0 radical (unpaired) electrons. The van der Waals surface area contributed by atoms with E-state index in [1.165, 1.54) is 0 Å². The maximum atomic E-state index is 10.9. The van der Waals surface area contributed by atoms with Crippen LogP contribution in [0, 0.1) is 11.5 Å². The highest BCUT2D eigenvalue weighted by Crippen LogP contribution is 2.03. The molecular formula is C10H18N2O2. The van der Waals surface area contributed by atoms with E-state index in [0.29, 0.717) is 13.0 Å². The van der Waals surface area contributed by atoms with Crippen molar-refractivity contribution in [2.24, 2.45) is 0 Å². The quantitative estimate of drug-likeness (QED) is 0.278. The van der Waals surface area contributed by atoms with Gasteiger partial charge in [0.05, 0.1) is 6.61 Å². The van der Waals surface area contributed by atoms with Crippen molar-refractivity contribution in [1.29, 1.82) is 5.26 Å². The number of carbonyl (C=O) groups excluding carboxylic acids is 1. The van der Waals surface area contributed by atoms with Gasteiger partial charge in [-0.2, -0.15) is 5.26 Å². The van der Waals surface area contributed by atoms with Crippen LogP contribution < -0.4 is 5.32 Å². The minimum Gasteiger partial charge on any atom is -0.466 e. The first-order chi connectivity index (χ1) is 6.81. The highest BCUT2D eigenvalue weighted by molar-refractivity contribution is 5.69. The van der Waals surface area contributed by atoms with Crippen molar-refractivity contribution in [2.75, 3.05) is 13.2 Å². The largest absolute Gasteiger partial charge is 0.466 e. The molecule has 1 N–H and O–H groups in total. The number of nitrogens with one attached hydrogen (secondary N) is 1. The SMILES string of the molecule is CCOC(=O)CCCCCCNC#N. The summed E-state index contributed by atoms with van der Waals surface area (Å²) in [5.41, 5.74) is 0. The summed E-state index contributed by atoms with van der Waals surface area (Å²) in [6.45, 7) is 3.01. The first kappa shape index (κ1) is 12.8. The maximum Gasteiger partial charge on any atom is 0.305 e. The Hall–Kier alpha value is -1.24. The summed E-state index contributed by atoms with van der Waals surface area (Å²) in [6, 6.07) is 0. The molecule has 0 heterocycles. The van der Waals surface area contributed by atoms with Gasteiger partial charge >= 0.3 is 5.97 Å². The van der Waals surface area contributed by atoms with E-state index in [1.54, 1.807) is 0 Å². The van der Waals surface area contributed by atoms with E-state index in [-0.39, 0.29) is 5.97 Å². The summed E-state index contributed by atoms with van der Waals surface area (Å²) >= 11 is 0. The Labute approximate surface area is 85.2 Å². The molecule has 0 saturated heterocycles. The summed E-state index contributed by atoms with van der Waals surface area (Å²) in [5.74, 6) is -0.109. The fraction of sp³-hybridized carbons (Fsp3) is 0.800. The van der Waals surface area contributed by atoms with Crippen molar-refractivity contribution < 1.29 is 9.53 Å². The number of carbonyl (C=O) groups is 1. The molecule has 4 nitrogen and oxygen atoms in total. The second-order valence-corrected chi connectivity index (χ2v) is 3.01. The topological polar surface area (TPSA) is 62.1 Å². The standard InChI is InChI=1S/C10H18N2O2/c1-2-14-10(13)7-5-3-4-6-8-12-9-11/h12H,2-8H2,1H3. The number of ether oxygens (including phenoxy) is 1. The third-order valence-electron chi connectivity index (χ3n) is 1.82. The van der Waals surface area contributed by atoms with Crippen LogP contribution in [0.3, 0.4) is 0 Å². The van der Waals surface area contributed by atoms with Gasteiger partial charge in [0.2, 0.25) is 0 Å². The van der Waals surface area contributed by atoms with Gasteiger partial charge in [-0.1, -0.05) is 12.8 Å². The summed E-state index contributed by atoms with van der Waals surface area (Å²) in [5, 5.41) is 10.8. The fourth-order valence-corrected chi connectivity index (χ4v) is 1.13. The highest BCUT2D eigenvalue weighted by Gasteiger charge is 1.99. The van der Waals surface area contributed by atoms with Gasteiger partial charge in [-0.05, 0) is 19.8 Å². The van der Waals surface area contributed by atoms with E-state index >= 15 is 0 Å². The Bertz CT molecular complexity index is 187. The Balaban J connectivity index is 3.06. The summed E-state index contributed by atoms with van der Waals surface area (Å²) < 4.78 is 4.79. The van der Waals surface area contributed by atoms with E-state index in [9.17, 15) is 4.79 Å². The van der Waals surface area contributed by atoms with Gasteiger partial charge in [-0.3, -0.25) is 4.79 Å². The van der Waals surface area contributed by atoms with Gasteiger partial charge in [0.25, 0.3) is 0 Å². The zero-order valence-corrected chi connectivity index (χ0v) is 8.71. The number of hydrogen-bond donors (Lipinski definition) is 1. The van der Waals surface area contributed by atoms with Crippen molar-refractivity contribution in [1.82, 2.24) is 5.32 Å². The Morgan fingerprint density at radius 1 is 1.36 bits per heavy atom. The van der Waals surface area contributed by atoms with Crippen LogP contribution in [0.1, 0.15) is 39.0 Å². The molecule has 0 aromatic heterocycles. The van der Waals surface area contributed by atoms with Gasteiger partial charge in [0.15, 0.2) is 6.19 Å². The lowest BCUT2D eigenvalue weighted by atomic mass is 10.1. The fourth-order valence-electron chi connectivity index (χ4n) is 1.13. The molecule has 4 heteroatoms. The molecule has 0 spiro atoms. The number of hydrogen-bond acceptors (Lipinski definition) is 4. The normalized spacial score (nSPS) is 9.14. The second-order valence-electron chi connectivity index (χ2n) is 3.01. The van der Waals surface area contributed by atoms with E-state index in [2.05, 4.69) is 5.32 Å². The molecule has 0 fully saturated rings. The van der Waals surface area contributed by atoms with Gasteiger partial charge in [-0.25, -0.2) is 0 Å². The molecular weight excluding hydrogens is 180 g/mol. The van der Waals surface area contributed by atoms with E-state index < -0.39 is 0 Å². The number of rotatable bonds is 8. The molecule has 0 unspecified atom stereocenters. The zero-order chi connectivity index (χ0) is 10.6. The monoisotopic (exact) mass is 198 g/mol. The van der Waals surface area contributed by atoms with E-state index in [0.717, 1.165) is 32.2 Å². The first-order valence-corrected chi connectivity index (χ1v) is 5.08. The van der Waals surface area contributed by atoms with Crippen LogP contribution >= 0.6 is 0 Å². The molecule has 0 aliphatic rings. The summed E-state index contributed by atoms with van der Waals surface area (Å²) in [4.78, 5) is 10.9. The average molecular weight is 198 g/mol. The summed E-state index contributed by atoms with van der Waals surface area (Å²) in [7, 11) is 0. The molecule has 0 saturated carbocycles. The molecule has 80 valence electrons. The molecule has 0 amide bonds. The molecule has 0 aliphatic carbocycles. The van der Waals surface area contributed by atoms with Gasteiger partial charge < -0.3 is 10.1 Å². The molecule has 0 aromatic carbocycles. The summed E-state index contributed by atoms with van der Waals surface area (Å²) in [6.07, 6.45) is 6.32. The molecule has 14 heavy (non-hydrogen) atoms. The number of esters is 1. The lowest BCUT2D eigenvalue weighted by Crippen LogP contribution is -2.07. The van der Waals surface area contributed by atoms with Crippen LogP contribution in [0.4, 0.5) is 0 Å². The zero-order valence-electron chi connectivity index (χ0n) is 8.71. The second kappa shape index (κ2) is 9.85. The lowest BCUT2D eigenvalue weighted by molar-refractivity contribution is -0.143. The Morgan fingerprint density at radius 2 is 2.07 bits per heavy atom. The van der Waals surface area contributed by atoms with Crippen molar-refractivity contribution in [3.63, 3.8) is 0 Å². The van der Waals surface area contributed by atoms with E-state index in [4.69, 9.17) is 10.00 Å². The lowest BCUT2D eigenvalue weighted by Gasteiger charge is -2.01. The van der Waals surface area contributed by atoms with Crippen LogP contribution in [0.5, 0.6) is 0 Å². The third kappa shape index (κ3) is 8.85. The average Bonchev–Trinajstić information content (AvgIpc) is 2.17. The van der Waals surface area contributed by atoms with Crippen LogP contribution in [-0.4, -0.2) is 19.1 Å². The molecule has 0 bridgehead atoms. The van der Waals surface area contributed by atoms with Crippen LogP contribution in [-0.2, 0) is 9.53 Å². The number of nitriles is 1. The van der Waals surface area contributed by atoms with Gasteiger partial charge in [0, 0.05) is 13.0 Å². The molecule has 0 rings (SSSR count). The van der Waals surface area contributed by atoms with Crippen LogP contribution in [0.25, 0.3) is 0 Å². The Kier molecular flexibility index (Phi) is 8.97. The van der Waals surface area contributed by atoms with E-state index in [1.807, 2.05) is 13.1 Å². The maximum absolute atomic E-state index is 10.9. The molecule has 0 aliphatic heterocycles. The predicted octanol–water partition coefficient (Wildman–Crippen LogP) is 1.57. The molecule has 0 atom stereocenters. The highest BCUT2D eigenvalue weighted by atomic mass is 16.5. The van der Waals surface area contributed by atoms with Gasteiger partial charge in [0.1, 0.15) is 0 Å². The van der Waals surface area contributed by atoms with Crippen molar-refractivity contribution >= 4 is 5.97 Å². The predicted molar refractivity (Wildman–Crippen MR) is 53.3 cm³/mol. The van der Waals surface area contributed by atoms with Crippen molar-refractivity contribution in [3.8, 4) is 6.19 Å².